The van der Waals surface area contributed by atoms with E-state index in [1.807, 2.05) is 11.0 Å². The number of amides is 1. The molecule has 0 radical (unpaired) electrons. The molecule has 2 aliphatic heterocycles. The van der Waals surface area contributed by atoms with Crippen molar-refractivity contribution in [1.82, 2.24) is 25.1 Å². The van der Waals surface area contributed by atoms with E-state index in [0.29, 0.717) is 31.9 Å². The van der Waals surface area contributed by atoms with Crippen molar-refractivity contribution >= 4 is 11.9 Å². The molecule has 2 aromatic heterocycles. The van der Waals surface area contributed by atoms with Crippen molar-refractivity contribution in [1.29, 1.82) is 0 Å². The SMILES string of the molecule is O=C(c1ccnnc1)N1CCOC[C@]2(CCN(c3ncccn3)C2)C1. The molecule has 0 bridgehead atoms. The summed E-state index contributed by atoms with van der Waals surface area (Å²) in [4.78, 5) is 25.5. The third-order valence-corrected chi connectivity index (χ3v) is 4.83. The lowest BCUT2D eigenvalue weighted by Gasteiger charge is -2.31. The van der Waals surface area contributed by atoms with E-state index in [9.17, 15) is 4.79 Å². The lowest BCUT2D eigenvalue weighted by atomic mass is 9.87. The van der Waals surface area contributed by atoms with Gasteiger partial charge >= 0.3 is 0 Å². The van der Waals surface area contributed by atoms with Gasteiger partial charge in [-0.25, -0.2) is 9.97 Å². The maximum Gasteiger partial charge on any atom is 0.255 e. The highest BCUT2D eigenvalue weighted by Gasteiger charge is 2.43. The fraction of sp³-hybridized carbons (Fsp3) is 0.471. The Morgan fingerprint density at radius 2 is 2.00 bits per heavy atom. The second-order valence-electron chi connectivity index (χ2n) is 6.63. The van der Waals surface area contributed by atoms with Gasteiger partial charge in [-0.15, -0.1) is 0 Å². The van der Waals surface area contributed by atoms with Crippen LogP contribution in [0, 0.1) is 5.41 Å². The Morgan fingerprint density at radius 1 is 1.12 bits per heavy atom. The Labute approximate surface area is 145 Å². The first-order valence-corrected chi connectivity index (χ1v) is 8.42. The molecular weight excluding hydrogens is 320 g/mol. The number of carbonyl (C=O) groups excluding carboxylic acids is 1. The van der Waals surface area contributed by atoms with Crippen molar-refractivity contribution in [2.45, 2.75) is 6.42 Å². The Hall–Kier alpha value is -2.61. The molecule has 0 unspecified atom stereocenters. The maximum atomic E-state index is 12.8. The first-order valence-electron chi connectivity index (χ1n) is 8.42. The zero-order valence-electron chi connectivity index (χ0n) is 13.9. The molecule has 2 saturated heterocycles. The van der Waals surface area contributed by atoms with Crippen LogP contribution in [0.3, 0.4) is 0 Å². The smallest absolute Gasteiger partial charge is 0.255 e. The van der Waals surface area contributed by atoms with Gasteiger partial charge in [0.15, 0.2) is 0 Å². The lowest BCUT2D eigenvalue weighted by Crippen LogP contribution is -2.43. The normalized spacial score (nSPS) is 23.7. The van der Waals surface area contributed by atoms with Crippen LogP contribution in [0.15, 0.2) is 36.9 Å². The second-order valence-corrected chi connectivity index (χ2v) is 6.63. The molecule has 8 nitrogen and oxygen atoms in total. The molecule has 4 rings (SSSR count). The minimum Gasteiger partial charge on any atom is -0.379 e. The molecule has 25 heavy (non-hydrogen) atoms. The summed E-state index contributed by atoms with van der Waals surface area (Å²) >= 11 is 0. The number of anilines is 1. The fourth-order valence-electron chi connectivity index (χ4n) is 3.57. The molecule has 4 heterocycles. The van der Waals surface area contributed by atoms with Gasteiger partial charge in [0.1, 0.15) is 0 Å². The van der Waals surface area contributed by atoms with Gasteiger partial charge in [-0.1, -0.05) is 0 Å². The number of ether oxygens (including phenoxy) is 1. The molecule has 8 heteroatoms. The Kier molecular flexibility index (Phi) is 4.27. The van der Waals surface area contributed by atoms with Crippen LogP contribution < -0.4 is 4.90 Å². The molecule has 1 spiro atoms. The zero-order valence-corrected chi connectivity index (χ0v) is 13.9. The third-order valence-electron chi connectivity index (χ3n) is 4.83. The monoisotopic (exact) mass is 340 g/mol. The van der Waals surface area contributed by atoms with Crippen molar-refractivity contribution in [3.63, 3.8) is 0 Å². The molecule has 2 aliphatic rings. The van der Waals surface area contributed by atoms with E-state index in [1.54, 1.807) is 24.7 Å². The van der Waals surface area contributed by atoms with Crippen LogP contribution in [0.4, 0.5) is 5.95 Å². The zero-order chi connectivity index (χ0) is 17.1. The number of aromatic nitrogens is 4. The summed E-state index contributed by atoms with van der Waals surface area (Å²) < 4.78 is 5.84. The average molecular weight is 340 g/mol. The van der Waals surface area contributed by atoms with E-state index in [0.717, 1.165) is 25.5 Å². The molecule has 0 saturated carbocycles. The van der Waals surface area contributed by atoms with Crippen LogP contribution in [0.5, 0.6) is 0 Å². The summed E-state index contributed by atoms with van der Waals surface area (Å²) in [6.07, 6.45) is 7.51. The minimum absolute atomic E-state index is 0.0193. The first kappa shape index (κ1) is 15.9. The van der Waals surface area contributed by atoms with Gasteiger partial charge in [-0.05, 0) is 18.6 Å². The van der Waals surface area contributed by atoms with Crippen molar-refractivity contribution in [2.75, 3.05) is 44.3 Å². The van der Waals surface area contributed by atoms with Gasteiger partial charge in [0, 0.05) is 44.0 Å². The van der Waals surface area contributed by atoms with Crippen LogP contribution in [-0.2, 0) is 4.74 Å². The molecular formula is C17H20N6O2. The maximum absolute atomic E-state index is 12.8. The molecule has 0 aromatic carbocycles. The lowest BCUT2D eigenvalue weighted by molar-refractivity contribution is 0.0690. The summed E-state index contributed by atoms with van der Waals surface area (Å²) in [5.41, 5.74) is 0.472. The van der Waals surface area contributed by atoms with Crippen LogP contribution in [0.25, 0.3) is 0 Å². The predicted octanol–water partition coefficient (Wildman–Crippen LogP) is 0.636. The summed E-state index contributed by atoms with van der Waals surface area (Å²) in [5, 5.41) is 7.55. The summed E-state index contributed by atoms with van der Waals surface area (Å²) in [6, 6.07) is 3.51. The number of nitrogens with zero attached hydrogens (tertiary/aromatic N) is 6. The van der Waals surface area contributed by atoms with Crippen molar-refractivity contribution < 1.29 is 9.53 Å². The quantitative estimate of drug-likeness (QED) is 0.793. The number of hydrogen-bond donors (Lipinski definition) is 0. The van der Waals surface area contributed by atoms with E-state index in [4.69, 9.17) is 4.74 Å². The molecule has 1 atom stereocenters. The van der Waals surface area contributed by atoms with Gasteiger partial charge in [0.2, 0.25) is 5.95 Å². The van der Waals surface area contributed by atoms with Crippen LogP contribution in [0.2, 0.25) is 0 Å². The Morgan fingerprint density at radius 3 is 2.80 bits per heavy atom. The number of rotatable bonds is 2. The van der Waals surface area contributed by atoms with Gasteiger partial charge in [0.25, 0.3) is 5.91 Å². The molecule has 0 aliphatic carbocycles. The largest absolute Gasteiger partial charge is 0.379 e. The molecule has 0 N–H and O–H groups in total. The van der Waals surface area contributed by atoms with E-state index in [2.05, 4.69) is 25.1 Å². The van der Waals surface area contributed by atoms with Crippen LogP contribution in [-0.4, -0.2) is 70.4 Å². The molecule has 1 amide bonds. The van der Waals surface area contributed by atoms with Crippen molar-refractivity contribution in [2.24, 2.45) is 5.41 Å². The predicted molar refractivity (Wildman–Crippen MR) is 90.0 cm³/mol. The van der Waals surface area contributed by atoms with Crippen molar-refractivity contribution in [3.05, 3.63) is 42.5 Å². The highest BCUT2D eigenvalue weighted by molar-refractivity contribution is 5.93. The molecule has 2 fully saturated rings. The van der Waals surface area contributed by atoms with E-state index < -0.39 is 0 Å². The summed E-state index contributed by atoms with van der Waals surface area (Å²) in [5.74, 6) is 0.717. The van der Waals surface area contributed by atoms with Gasteiger partial charge in [0.05, 0.1) is 31.2 Å². The van der Waals surface area contributed by atoms with Gasteiger partial charge < -0.3 is 14.5 Å². The average Bonchev–Trinajstić information content (AvgIpc) is 2.97. The van der Waals surface area contributed by atoms with E-state index in [1.165, 1.54) is 6.20 Å². The highest BCUT2D eigenvalue weighted by atomic mass is 16.5. The minimum atomic E-state index is -0.0914. The standard InChI is InChI=1S/C17H20N6O2/c24-15(14-2-6-20-21-10-14)22-8-9-25-13-17(11-22)3-7-23(12-17)16-18-4-1-5-19-16/h1-2,4-6,10H,3,7-9,11-13H2/t17-/m1/s1. The summed E-state index contributed by atoms with van der Waals surface area (Å²) in [6.45, 7) is 4.10. The van der Waals surface area contributed by atoms with Crippen LogP contribution in [0.1, 0.15) is 16.8 Å². The van der Waals surface area contributed by atoms with E-state index >= 15 is 0 Å². The van der Waals surface area contributed by atoms with Gasteiger partial charge in [-0.2, -0.15) is 10.2 Å². The third kappa shape index (κ3) is 3.30. The second kappa shape index (κ2) is 6.72. The topological polar surface area (TPSA) is 84.3 Å². The Bertz CT molecular complexity index is 728. The first-order chi connectivity index (χ1) is 12.3. The molecule has 2 aromatic rings. The molecule has 130 valence electrons. The number of carbonyl (C=O) groups is 1. The van der Waals surface area contributed by atoms with Crippen molar-refractivity contribution in [3.8, 4) is 0 Å². The highest BCUT2D eigenvalue weighted by Crippen LogP contribution is 2.35. The number of hydrogen-bond acceptors (Lipinski definition) is 7. The summed E-state index contributed by atoms with van der Waals surface area (Å²) in [7, 11) is 0. The van der Waals surface area contributed by atoms with E-state index in [-0.39, 0.29) is 11.3 Å². The fourth-order valence-corrected chi connectivity index (χ4v) is 3.57. The van der Waals surface area contributed by atoms with Gasteiger partial charge in [-0.3, -0.25) is 4.79 Å². The Balaban J connectivity index is 1.51. The van der Waals surface area contributed by atoms with Crippen LogP contribution >= 0.6 is 0 Å².